The highest BCUT2D eigenvalue weighted by Crippen LogP contribution is 2.29. The van der Waals surface area contributed by atoms with Crippen molar-refractivity contribution in [2.24, 2.45) is 5.10 Å². The number of benzene rings is 2. The minimum Gasteiger partial charge on any atom is -0.490 e. The first-order valence-corrected chi connectivity index (χ1v) is 9.11. The molecule has 0 spiro atoms. The van der Waals surface area contributed by atoms with Crippen LogP contribution in [0.1, 0.15) is 29.4 Å². The van der Waals surface area contributed by atoms with Crippen molar-refractivity contribution < 1.29 is 9.47 Å². The molecule has 1 aromatic heterocycles. The SMILES string of the molecule is CCOc1cc(/C=N/n2c(C)n[nH]c2=S)ccc1OCc1ccc(C)cc1. The molecule has 140 valence electrons. The highest BCUT2D eigenvalue weighted by molar-refractivity contribution is 7.71. The number of aryl methyl sites for hydroxylation is 2. The van der Waals surface area contributed by atoms with Gasteiger partial charge in [-0.1, -0.05) is 29.8 Å². The van der Waals surface area contributed by atoms with Crippen LogP contribution < -0.4 is 9.47 Å². The van der Waals surface area contributed by atoms with Gasteiger partial charge in [-0.25, -0.2) is 0 Å². The van der Waals surface area contributed by atoms with E-state index in [1.54, 1.807) is 10.9 Å². The summed E-state index contributed by atoms with van der Waals surface area (Å²) in [7, 11) is 0. The summed E-state index contributed by atoms with van der Waals surface area (Å²) in [5.41, 5.74) is 3.22. The molecule has 1 heterocycles. The van der Waals surface area contributed by atoms with Crippen molar-refractivity contribution in [1.29, 1.82) is 0 Å². The second kappa shape index (κ2) is 8.64. The van der Waals surface area contributed by atoms with E-state index < -0.39 is 0 Å². The summed E-state index contributed by atoms with van der Waals surface area (Å²) in [6, 6.07) is 14.0. The summed E-state index contributed by atoms with van der Waals surface area (Å²) >= 11 is 5.15. The van der Waals surface area contributed by atoms with E-state index in [9.17, 15) is 0 Å². The smallest absolute Gasteiger partial charge is 0.216 e. The predicted molar refractivity (Wildman–Crippen MR) is 108 cm³/mol. The fourth-order valence-electron chi connectivity index (χ4n) is 2.47. The van der Waals surface area contributed by atoms with E-state index in [-0.39, 0.29) is 0 Å². The average molecular weight is 382 g/mol. The number of ether oxygens (including phenoxy) is 2. The van der Waals surface area contributed by atoms with Crippen molar-refractivity contribution in [3.8, 4) is 11.5 Å². The van der Waals surface area contributed by atoms with Gasteiger partial charge in [-0.3, -0.25) is 5.10 Å². The molecule has 0 amide bonds. The molecule has 3 aromatic rings. The number of nitrogens with zero attached hydrogens (tertiary/aromatic N) is 3. The Morgan fingerprint density at radius 1 is 1.11 bits per heavy atom. The molecule has 2 aromatic carbocycles. The standard InChI is InChI=1S/C20H22N4O2S/c1-4-25-19-11-17(12-21-24-15(3)22-23-20(24)27)9-10-18(19)26-13-16-7-5-14(2)6-8-16/h5-12H,4,13H2,1-3H3,(H,23,27)/b21-12+. The molecule has 0 aliphatic carbocycles. The van der Waals surface area contributed by atoms with Crippen LogP contribution in [0.15, 0.2) is 47.6 Å². The number of rotatable bonds is 7. The summed E-state index contributed by atoms with van der Waals surface area (Å²) in [5.74, 6) is 2.08. The van der Waals surface area contributed by atoms with Crippen molar-refractivity contribution >= 4 is 18.4 Å². The second-order valence-electron chi connectivity index (χ2n) is 6.05. The maximum Gasteiger partial charge on any atom is 0.216 e. The summed E-state index contributed by atoms with van der Waals surface area (Å²) < 4.78 is 13.7. The van der Waals surface area contributed by atoms with Crippen LogP contribution in [0.5, 0.6) is 11.5 Å². The highest BCUT2D eigenvalue weighted by atomic mass is 32.1. The Hall–Kier alpha value is -2.93. The lowest BCUT2D eigenvalue weighted by Crippen LogP contribution is -2.01. The van der Waals surface area contributed by atoms with E-state index in [4.69, 9.17) is 21.7 Å². The van der Waals surface area contributed by atoms with Crippen molar-refractivity contribution in [1.82, 2.24) is 14.9 Å². The van der Waals surface area contributed by atoms with Crippen LogP contribution >= 0.6 is 12.2 Å². The Bertz CT molecular complexity index is 990. The van der Waals surface area contributed by atoms with E-state index in [0.29, 0.717) is 35.3 Å². The molecule has 0 bridgehead atoms. The Morgan fingerprint density at radius 3 is 2.56 bits per heavy atom. The van der Waals surface area contributed by atoms with Crippen molar-refractivity contribution in [3.05, 3.63) is 69.8 Å². The zero-order valence-corrected chi connectivity index (χ0v) is 16.4. The summed E-state index contributed by atoms with van der Waals surface area (Å²) in [5, 5.41) is 11.1. The van der Waals surface area contributed by atoms with Gasteiger partial charge in [-0.15, -0.1) is 0 Å². The van der Waals surface area contributed by atoms with E-state index >= 15 is 0 Å². The molecule has 6 nitrogen and oxygen atoms in total. The zero-order chi connectivity index (χ0) is 19.2. The van der Waals surface area contributed by atoms with Gasteiger partial charge in [0, 0.05) is 0 Å². The minimum absolute atomic E-state index is 0.451. The van der Waals surface area contributed by atoms with Crippen LogP contribution in [0.2, 0.25) is 0 Å². The van der Waals surface area contributed by atoms with Gasteiger partial charge in [0.25, 0.3) is 0 Å². The molecule has 1 N–H and O–H groups in total. The van der Waals surface area contributed by atoms with Crippen molar-refractivity contribution in [2.45, 2.75) is 27.4 Å². The second-order valence-corrected chi connectivity index (χ2v) is 6.43. The van der Waals surface area contributed by atoms with Gasteiger partial charge < -0.3 is 9.47 Å². The monoisotopic (exact) mass is 382 g/mol. The molecule has 0 aliphatic rings. The van der Waals surface area contributed by atoms with Crippen molar-refractivity contribution in [2.75, 3.05) is 6.61 Å². The third-order valence-corrected chi connectivity index (χ3v) is 4.18. The predicted octanol–water partition coefficient (Wildman–Crippen LogP) is 4.42. The van der Waals surface area contributed by atoms with E-state index in [0.717, 1.165) is 11.1 Å². The number of hydrogen-bond acceptors (Lipinski definition) is 5. The summed E-state index contributed by atoms with van der Waals surface area (Å²) in [6.07, 6.45) is 1.71. The molecule has 0 unspecified atom stereocenters. The van der Waals surface area contributed by atoms with Crippen molar-refractivity contribution in [3.63, 3.8) is 0 Å². The average Bonchev–Trinajstić information content (AvgIpc) is 2.99. The first-order valence-electron chi connectivity index (χ1n) is 8.70. The molecule has 0 aliphatic heterocycles. The van der Waals surface area contributed by atoms with Crippen LogP contribution in [0, 0.1) is 18.6 Å². The molecule has 7 heteroatoms. The van der Waals surface area contributed by atoms with Gasteiger partial charge in [0.2, 0.25) is 4.77 Å². The molecule has 3 rings (SSSR count). The Labute approximate surface area is 163 Å². The van der Waals surface area contributed by atoms with E-state index in [2.05, 4.69) is 46.5 Å². The summed E-state index contributed by atoms with van der Waals surface area (Å²) in [4.78, 5) is 0. The van der Waals surface area contributed by atoms with Gasteiger partial charge in [0.1, 0.15) is 12.4 Å². The summed E-state index contributed by atoms with van der Waals surface area (Å²) in [6.45, 7) is 6.87. The minimum atomic E-state index is 0.451. The Morgan fingerprint density at radius 2 is 1.89 bits per heavy atom. The lowest BCUT2D eigenvalue weighted by Gasteiger charge is -2.12. The molecule has 0 fully saturated rings. The van der Waals surface area contributed by atoms with Crippen LogP contribution in [0.4, 0.5) is 0 Å². The molecule has 0 atom stereocenters. The maximum atomic E-state index is 5.95. The van der Waals surface area contributed by atoms with Gasteiger partial charge in [-0.2, -0.15) is 14.9 Å². The third kappa shape index (κ3) is 4.83. The van der Waals surface area contributed by atoms with Crippen LogP contribution in [-0.2, 0) is 6.61 Å². The number of H-pyrrole nitrogens is 1. The highest BCUT2D eigenvalue weighted by Gasteiger charge is 2.07. The normalized spacial score (nSPS) is 11.1. The van der Waals surface area contributed by atoms with Gasteiger partial charge in [-0.05, 0) is 62.3 Å². The Kier molecular flexibility index (Phi) is 6.03. The topological polar surface area (TPSA) is 64.4 Å². The molecule has 27 heavy (non-hydrogen) atoms. The molecular weight excluding hydrogens is 360 g/mol. The zero-order valence-electron chi connectivity index (χ0n) is 15.6. The first kappa shape index (κ1) is 18.8. The third-order valence-electron chi connectivity index (χ3n) is 3.92. The van der Waals surface area contributed by atoms with Crippen LogP contribution in [-0.4, -0.2) is 27.7 Å². The quantitative estimate of drug-likeness (QED) is 0.485. The van der Waals surface area contributed by atoms with Gasteiger partial charge in [0.05, 0.1) is 12.8 Å². The maximum absolute atomic E-state index is 5.95. The molecule has 0 saturated heterocycles. The molecule has 0 radical (unpaired) electrons. The van der Waals surface area contributed by atoms with Gasteiger partial charge >= 0.3 is 0 Å². The number of aromatic amines is 1. The fraction of sp³-hybridized carbons (Fsp3) is 0.250. The lowest BCUT2D eigenvalue weighted by atomic mass is 10.2. The largest absolute Gasteiger partial charge is 0.490 e. The van der Waals surface area contributed by atoms with Crippen LogP contribution in [0.3, 0.4) is 0 Å². The molecule has 0 saturated carbocycles. The molecular formula is C20H22N4O2S. The number of aromatic nitrogens is 3. The van der Waals surface area contributed by atoms with E-state index in [1.165, 1.54) is 5.56 Å². The van der Waals surface area contributed by atoms with Gasteiger partial charge in [0.15, 0.2) is 11.5 Å². The first-order chi connectivity index (χ1) is 13.1. The number of nitrogens with one attached hydrogen (secondary N) is 1. The Balaban J connectivity index is 1.77. The lowest BCUT2D eigenvalue weighted by molar-refractivity contribution is 0.269. The van der Waals surface area contributed by atoms with Crippen LogP contribution in [0.25, 0.3) is 0 Å². The van der Waals surface area contributed by atoms with E-state index in [1.807, 2.05) is 32.0 Å². The fourth-order valence-corrected chi connectivity index (χ4v) is 2.69. The number of hydrogen-bond donors (Lipinski definition) is 1.